The molecule has 0 radical (unpaired) electrons. The Labute approximate surface area is 239 Å². The molecule has 7 N–H and O–H groups in total. The molecule has 3 heterocycles. The first-order valence-electron chi connectivity index (χ1n) is 12.9. The largest absolute Gasteiger partial charge is 0.488 e. The van der Waals surface area contributed by atoms with Gasteiger partial charge in [-0.2, -0.15) is 4.90 Å². The minimum atomic E-state index is -3.71. The molecule has 0 aliphatic carbocycles. The van der Waals surface area contributed by atoms with Gasteiger partial charge in [-0.1, -0.05) is 18.2 Å². The van der Waals surface area contributed by atoms with Gasteiger partial charge in [-0.05, 0) is 30.2 Å². The van der Waals surface area contributed by atoms with Crippen LogP contribution in [-0.4, -0.2) is 103 Å². The Hall–Kier alpha value is -3.41. The summed E-state index contributed by atoms with van der Waals surface area (Å²) in [6.07, 6.45) is 0.299. The highest BCUT2D eigenvalue weighted by molar-refractivity contribution is 6.40. The molecule has 3 amide bonds. The van der Waals surface area contributed by atoms with Crippen molar-refractivity contribution >= 4 is 33.4 Å². The molecule has 2 aromatic carbocycles. The first-order valence-corrected chi connectivity index (χ1v) is 12.9. The normalized spacial score (nSPS) is 24.3. The number of amides is 3. The Balaban J connectivity index is 1.31. The molecule has 3 aliphatic rings. The highest BCUT2D eigenvalue weighted by Gasteiger charge is 2.70. The second-order valence-corrected chi connectivity index (χ2v) is 11.0. The summed E-state index contributed by atoms with van der Waals surface area (Å²) in [5, 5.41) is 61.9. The molecule has 0 aromatic heterocycles. The number of halogens is 1. The van der Waals surface area contributed by atoms with Crippen molar-refractivity contribution in [3.8, 4) is 5.75 Å². The first-order chi connectivity index (χ1) is 19.5. The maximum absolute atomic E-state index is 15.1. The van der Waals surface area contributed by atoms with Crippen LogP contribution in [0.1, 0.15) is 39.9 Å². The van der Waals surface area contributed by atoms with Crippen molar-refractivity contribution in [2.45, 2.75) is 61.8 Å². The molecule has 0 spiro atoms. The summed E-state index contributed by atoms with van der Waals surface area (Å²) in [5.41, 5.74) is 0.872. The number of imide groups is 1. The number of morpholine rings is 1. The van der Waals surface area contributed by atoms with Crippen LogP contribution in [0.4, 0.5) is 4.39 Å². The van der Waals surface area contributed by atoms with E-state index in [1.54, 1.807) is 18.2 Å². The monoisotopic (exact) mass is 587 g/mol. The molecule has 0 bridgehead atoms. The van der Waals surface area contributed by atoms with Gasteiger partial charge in [0.1, 0.15) is 39.9 Å². The Kier molecular flexibility index (Phi) is 7.23. The molecular formula is C25H28B2FN3O11. The molecule has 222 valence electrons. The molecule has 2 fully saturated rings. The van der Waals surface area contributed by atoms with Gasteiger partial charge >= 0.3 is 11.9 Å². The van der Waals surface area contributed by atoms with E-state index in [2.05, 4.69) is 10.1 Å². The number of piperidine rings is 1. The van der Waals surface area contributed by atoms with Crippen LogP contribution in [0.5, 0.6) is 5.75 Å². The molecular weight excluding hydrogens is 559 g/mol. The van der Waals surface area contributed by atoms with E-state index in [1.165, 1.54) is 17.0 Å². The second-order valence-electron chi connectivity index (χ2n) is 11.0. The average molecular weight is 587 g/mol. The minimum absolute atomic E-state index is 0.00391. The third kappa shape index (κ3) is 4.87. The molecule has 42 heavy (non-hydrogen) atoms. The van der Waals surface area contributed by atoms with Gasteiger partial charge < -0.3 is 45.0 Å². The number of rotatable bonds is 6. The molecule has 1 unspecified atom stereocenters. The molecule has 5 rings (SSSR count). The highest BCUT2D eigenvalue weighted by atomic mass is 19.1. The van der Waals surface area contributed by atoms with E-state index in [9.17, 15) is 45.0 Å². The lowest BCUT2D eigenvalue weighted by Gasteiger charge is -2.58. The maximum Gasteiger partial charge on any atom is 0.351 e. The van der Waals surface area contributed by atoms with Gasteiger partial charge in [0, 0.05) is 29.7 Å². The summed E-state index contributed by atoms with van der Waals surface area (Å²) in [5.74, 6) is -12.4. The summed E-state index contributed by atoms with van der Waals surface area (Å²) in [4.78, 5) is 38.3. The molecule has 2 saturated heterocycles. The summed E-state index contributed by atoms with van der Waals surface area (Å²) in [7, 11) is 2.13. The topological polar surface area (TPSA) is 210 Å². The quantitative estimate of drug-likeness (QED) is 0.0976. The van der Waals surface area contributed by atoms with Crippen LogP contribution < -0.4 is 10.1 Å². The fourth-order valence-corrected chi connectivity index (χ4v) is 5.27. The van der Waals surface area contributed by atoms with Crippen molar-refractivity contribution in [2.75, 3.05) is 0 Å². The summed E-state index contributed by atoms with van der Waals surface area (Å²) >= 11 is 0. The van der Waals surface area contributed by atoms with E-state index in [-0.39, 0.29) is 47.8 Å². The average Bonchev–Trinajstić information content (AvgIpc) is 3.22. The Morgan fingerprint density at radius 3 is 2.43 bits per heavy atom. The standard InChI is InChI=1S/C25H28B2FN3O11/c26-22(27)23(35,36)31(24(37,38)25(39,40)42-22)9-12-4-5-13(16(28)8-12)11-41-18-3-1-2-14-15(18)10-30(21(14)34)17-6-7-19(32)29-20(17)33/h1-5,8,17,35-40H,6-7,9-11,26-27H2,(H,29,32,33). The summed E-state index contributed by atoms with van der Waals surface area (Å²) in [6, 6.07) is 7.54. The summed E-state index contributed by atoms with van der Waals surface area (Å²) in [6.45, 7) is -0.999. The van der Waals surface area contributed by atoms with Gasteiger partial charge in [0.2, 0.25) is 17.7 Å². The van der Waals surface area contributed by atoms with Gasteiger partial charge in [0.05, 0.1) is 11.9 Å². The SMILES string of the molecule is BC1(B)OC(O)(O)C(O)(O)N(Cc2ccc(COc3cccc4c3CN(C3CCC(=O)NC3=O)C4=O)c(F)c2)C1(O)O. The predicted octanol–water partition coefficient (Wildman–Crippen LogP) is -4.17. The number of hydrogen-bond donors (Lipinski definition) is 7. The van der Waals surface area contributed by atoms with Gasteiger partial charge in [-0.25, -0.2) is 4.39 Å². The third-order valence-electron chi connectivity index (χ3n) is 7.78. The van der Waals surface area contributed by atoms with Crippen molar-refractivity contribution in [3.63, 3.8) is 0 Å². The zero-order valence-electron chi connectivity index (χ0n) is 22.6. The molecule has 2 aromatic rings. The number of benzene rings is 2. The maximum atomic E-state index is 15.1. The number of carbonyl (C=O) groups excluding carboxylic acids is 3. The third-order valence-corrected chi connectivity index (χ3v) is 7.78. The zero-order chi connectivity index (χ0) is 30.8. The lowest BCUT2D eigenvalue weighted by atomic mass is 9.61. The van der Waals surface area contributed by atoms with Crippen molar-refractivity contribution in [1.29, 1.82) is 0 Å². The van der Waals surface area contributed by atoms with Crippen LogP contribution in [-0.2, 0) is 34.0 Å². The fourth-order valence-electron chi connectivity index (χ4n) is 5.27. The number of nitrogens with zero attached hydrogens (tertiary/aromatic N) is 2. The Bertz CT molecular complexity index is 1440. The van der Waals surface area contributed by atoms with E-state index < -0.39 is 59.3 Å². The molecule has 1 atom stereocenters. The number of aliphatic hydroxyl groups is 6. The van der Waals surface area contributed by atoms with E-state index in [1.807, 2.05) is 0 Å². The number of ether oxygens (including phenoxy) is 2. The number of fused-ring (bicyclic) bond motifs is 1. The Morgan fingerprint density at radius 2 is 1.76 bits per heavy atom. The van der Waals surface area contributed by atoms with E-state index in [0.29, 0.717) is 11.1 Å². The predicted molar refractivity (Wildman–Crippen MR) is 141 cm³/mol. The van der Waals surface area contributed by atoms with E-state index >= 15 is 4.39 Å². The van der Waals surface area contributed by atoms with E-state index in [0.717, 1.165) is 21.8 Å². The van der Waals surface area contributed by atoms with Crippen molar-refractivity contribution < 1.29 is 58.9 Å². The van der Waals surface area contributed by atoms with Crippen LogP contribution in [0.3, 0.4) is 0 Å². The Morgan fingerprint density at radius 1 is 1.05 bits per heavy atom. The summed E-state index contributed by atoms with van der Waals surface area (Å²) < 4.78 is 25.6. The number of carbonyl (C=O) groups is 3. The first kappa shape index (κ1) is 30.1. The van der Waals surface area contributed by atoms with Crippen LogP contribution in [0.2, 0.25) is 0 Å². The smallest absolute Gasteiger partial charge is 0.351 e. The lowest BCUT2D eigenvalue weighted by Crippen LogP contribution is -2.84. The molecule has 17 heteroatoms. The minimum Gasteiger partial charge on any atom is -0.488 e. The molecule has 0 saturated carbocycles. The fraction of sp³-hybridized carbons (Fsp3) is 0.400. The number of hydrogen-bond acceptors (Lipinski definition) is 12. The van der Waals surface area contributed by atoms with Crippen molar-refractivity contribution in [3.05, 3.63) is 64.5 Å². The van der Waals surface area contributed by atoms with E-state index in [4.69, 9.17) is 4.74 Å². The van der Waals surface area contributed by atoms with Gasteiger partial charge in [-0.15, -0.1) is 0 Å². The van der Waals surface area contributed by atoms with Gasteiger partial charge in [0.25, 0.3) is 5.91 Å². The second kappa shape index (κ2) is 10.1. The molecule has 3 aliphatic heterocycles. The molecule has 14 nitrogen and oxygen atoms in total. The van der Waals surface area contributed by atoms with Crippen LogP contribution in [0.15, 0.2) is 36.4 Å². The number of nitrogens with one attached hydrogen (secondary N) is 1. The van der Waals surface area contributed by atoms with Crippen LogP contribution >= 0.6 is 0 Å². The zero-order valence-corrected chi connectivity index (χ0v) is 22.6. The van der Waals surface area contributed by atoms with Crippen molar-refractivity contribution in [1.82, 2.24) is 15.1 Å². The van der Waals surface area contributed by atoms with Gasteiger partial charge in [-0.3, -0.25) is 19.7 Å². The van der Waals surface area contributed by atoms with Crippen LogP contribution in [0, 0.1) is 5.82 Å². The van der Waals surface area contributed by atoms with Crippen molar-refractivity contribution in [2.24, 2.45) is 0 Å². The lowest BCUT2D eigenvalue weighted by molar-refractivity contribution is -0.581. The van der Waals surface area contributed by atoms with Crippen LogP contribution in [0.25, 0.3) is 0 Å². The highest BCUT2D eigenvalue weighted by Crippen LogP contribution is 2.42. The van der Waals surface area contributed by atoms with Gasteiger partial charge in [0.15, 0.2) is 0 Å².